The number of carbonyl (C=O) groups is 1. The summed E-state index contributed by atoms with van der Waals surface area (Å²) in [5.74, 6) is -2.30. The van der Waals surface area contributed by atoms with Gasteiger partial charge in [0.1, 0.15) is 5.82 Å². The van der Waals surface area contributed by atoms with Crippen LogP contribution in [0.3, 0.4) is 0 Å². The van der Waals surface area contributed by atoms with Gasteiger partial charge in [-0.2, -0.15) is 0 Å². The summed E-state index contributed by atoms with van der Waals surface area (Å²) in [7, 11) is -3.82. The van der Waals surface area contributed by atoms with Crippen molar-refractivity contribution in [3.63, 3.8) is 0 Å². The van der Waals surface area contributed by atoms with Crippen LogP contribution in [0.1, 0.15) is 18.9 Å². The van der Waals surface area contributed by atoms with E-state index in [1.54, 1.807) is 0 Å². The van der Waals surface area contributed by atoms with E-state index < -0.39 is 33.0 Å². The lowest BCUT2D eigenvalue weighted by Crippen LogP contribution is -2.35. The van der Waals surface area contributed by atoms with Crippen LogP contribution >= 0.6 is 11.6 Å². The van der Waals surface area contributed by atoms with Crippen LogP contribution in [0.15, 0.2) is 18.2 Å². The molecule has 0 aromatic heterocycles. The highest BCUT2D eigenvalue weighted by Gasteiger charge is 2.44. The van der Waals surface area contributed by atoms with Crippen LogP contribution in [0.5, 0.6) is 0 Å². The zero-order chi connectivity index (χ0) is 15.8. The van der Waals surface area contributed by atoms with Crippen molar-refractivity contribution in [3.8, 4) is 0 Å². The van der Waals surface area contributed by atoms with Crippen molar-refractivity contribution in [2.24, 2.45) is 5.41 Å². The summed E-state index contributed by atoms with van der Waals surface area (Å²) in [5, 5.41) is 9.17. The molecule has 1 saturated heterocycles. The third kappa shape index (κ3) is 3.20. The molecule has 21 heavy (non-hydrogen) atoms. The smallest absolute Gasteiger partial charge is 0.310 e. The van der Waals surface area contributed by atoms with Gasteiger partial charge in [-0.3, -0.25) is 4.79 Å². The molecule has 1 aromatic carbocycles. The van der Waals surface area contributed by atoms with E-state index in [2.05, 4.69) is 0 Å². The van der Waals surface area contributed by atoms with Gasteiger partial charge in [-0.1, -0.05) is 17.7 Å². The van der Waals surface area contributed by atoms with Crippen molar-refractivity contribution >= 4 is 27.6 Å². The zero-order valence-electron chi connectivity index (χ0n) is 11.3. The van der Waals surface area contributed by atoms with Crippen molar-refractivity contribution < 1.29 is 22.7 Å². The minimum Gasteiger partial charge on any atom is -0.481 e. The van der Waals surface area contributed by atoms with E-state index >= 15 is 0 Å². The van der Waals surface area contributed by atoms with Crippen LogP contribution in [0.25, 0.3) is 0 Å². The predicted octanol–water partition coefficient (Wildman–Crippen LogP) is 2.11. The van der Waals surface area contributed by atoms with Gasteiger partial charge in [0.2, 0.25) is 10.0 Å². The van der Waals surface area contributed by atoms with Gasteiger partial charge in [-0.15, -0.1) is 0 Å². The number of carboxylic acid groups (broad SMARTS) is 1. The van der Waals surface area contributed by atoms with E-state index in [1.165, 1.54) is 19.1 Å². The molecule has 1 aromatic rings. The first-order valence-electron chi connectivity index (χ1n) is 6.30. The molecule has 0 aliphatic carbocycles. The first kappa shape index (κ1) is 16.2. The average molecular weight is 336 g/mol. The van der Waals surface area contributed by atoms with Gasteiger partial charge in [0.25, 0.3) is 0 Å². The zero-order valence-corrected chi connectivity index (χ0v) is 12.9. The quantitative estimate of drug-likeness (QED) is 0.914. The molecule has 0 spiro atoms. The molecule has 1 heterocycles. The maximum Gasteiger partial charge on any atom is 0.310 e. The largest absolute Gasteiger partial charge is 0.481 e. The Morgan fingerprint density at radius 1 is 1.52 bits per heavy atom. The molecule has 116 valence electrons. The number of carboxylic acids is 1. The maximum absolute atomic E-state index is 13.7. The Labute approximate surface area is 127 Å². The minimum atomic E-state index is -3.82. The topological polar surface area (TPSA) is 74.7 Å². The average Bonchev–Trinajstić information content (AvgIpc) is 2.79. The molecule has 1 fully saturated rings. The van der Waals surface area contributed by atoms with Gasteiger partial charge in [-0.25, -0.2) is 17.1 Å². The Morgan fingerprint density at radius 2 is 2.19 bits per heavy atom. The van der Waals surface area contributed by atoms with E-state index in [9.17, 15) is 17.6 Å². The van der Waals surface area contributed by atoms with Gasteiger partial charge < -0.3 is 5.11 Å². The first-order chi connectivity index (χ1) is 9.66. The second-order valence-electron chi connectivity index (χ2n) is 5.41. The maximum atomic E-state index is 13.7. The fourth-order valence-corrected chi connectivity index (χ4v) is 4.28. The van der Waals surface area contributed by atoms with Crippen molar-refractivity contribution in [2.45, 2.75) is 19.1 Å². The van der Waals surface area contributed by atoms with Crippen molar-refractivity contribution in [2.75, 3.05) is 13.1 Å². The number of hydrogen-bond acceptors (Lipinski definition) is 3. The lowest BCUT2D eigenvalue weighted by atomic mass is 9.90. The number of aliphatic carboxylic acids is 1. The second kappa shape index (κ2) is 5.55. The molecule has 8 heteroatoms. The number of sulfonamides is 1. The number of nitrogens with zero attached hydrogens (tertiary/aromatic N) is 1. The van der Waals surface area contributed by atoms with Crippen LogP contribution < -0.4 is 0 Å². The summed E-state index contributed by atoms with van der Waals surface area (Å²) in [6.45, 7) is 1.49. The van der Waals surface area contributed by atoms with E-state index in [1.807, 2.05) is 0 Å². The molecule has 0 amide bonds. The molecular formula is C13H15ClFNO4S. The lowest BCUT2D eigenvalue weighted by Gasteiger charge is -2.20. The van der Waals surface area contributed by atoms with Crippen LogP contribution in [0.2, 0.25) is 5.02 Å². The standard InChI is InChI=1S/C13H15ClFNO4S/c1-13(12(17)18)5-6-16(8-13)21(19,20)7-9-10(14)3-2-4-11(9)15/h2-4H,5-8H2,1H3,(H,17,18). The minimum absolute atomic E-state index is 0.0405. The summed E-state index contributed by atoms with van der Waals surface area (Å²) < 4.78 is 39.4. The van der Waals surface area contributed by atoms with Gasteiger partial charge in [0.15, 0.2) is 0 Å². The molecule has 1 aliphatic heterocycles. The Kier molecular flexibility index (Phi) is 4.28. The normalized spacial score (nSPS) is 23.4. The Morgan fingerprint density at radius 3 is 2.71 bits per heavy atom. The van der Waals surface area contributed by atoms with Crippen molar-refractivity contribution in [1.82, 2.24) is 4.31 Å². The fraction of sp³-hybridized carbons (Fsp3) is 0.462. The first-order valence-corrected chi connectivity index (χ1v) is 8.28. The van der Waals surface area contributed by atoms with Crippen LogP contribution in [0, 0.1) is 11.2 Å². The van der Waals surface area contributed by atoms with Crippen LogP contribution in [-0.4, -0.2) is 36.9 Å². The van der Waals surface area contributed by atoms with Gasteiger partial charge in [-0.05, 0) is 25.5 Å². The number of hydrogen-bond donors (Lipinski definition) is 1. The van der Waals surface area contributed by atoms with E-state index in [0.717, 1.165) is 10.4 Å². The summed E-state index contributed by atoms with van der Waals surface area (Å²) in [4.78, 5) is 11.2. The molecule has 0 saturated carbocycles. The van der Waals surface area contributed by atoms with Gasteiger partial charge in [0.05, 0.1) is 11.2 Å². The molecule has 2 rings (SSSR count). The van der Waals surface area contributed by atoms with Crippen LogP contribution in [0.4, 0.5) is 4.39 Å². The van der Waals surface area contributed by atoms with E-state index in [4.69, 9.17) is 16.7 Å². The summed E-state index contributed by atoms with van der Waals surface area (Å²) in [5.41, 5.74) is -1.20. The molecule has 0 bridgehead atoms. The van der Waals surface area contributed by atoms with Gasteiger partial charge >= 0.3 is 5.97 Å². The third-order valence-electron chi connectivity index (χ3n) is 3.74. The van der Waals surface area contributed by atoms with Crippen molar-refractivity contribution in [3.05, 3.63) is 34.6 Å². The summed E-state index contributed by atoms with van der Waals surface area (Å²) >= 11 is 5.83. The Balaban J connectivity index is 2.23. The lowest BCUT2D eigenvalue weighted by molar-refractivity contribution is -0.146. The Bertz CT molecular complexity index is 658. The third-order valence-corrected chi connectivity index (χ3v) is 5.84. The highest BCUT2D eigenvalue weighted by Crippen LogP contribution is 2.33. The van der Waals surface area contributed by atoms with Gasteiger partial charge in [0, 0.05) is 23.7 Å². The second-order valence-corrected chi connectivity index (χ2v) is 7.78. The molecule has 1 unspecified atom stereocenters. The fourth-order valence-electron chi connectivity index (χ4n) is 2.27. The highest BCUT2D eigenvalue weighted by atomic mass is 35.5. The molecule has 0 radical (unpaired) electrons. The highest BCUT2D eigenvalue weighted by molar-refractivity contribution is 7.88. The number of halogens is 2. The van der Waals surface area contributed by atoms with E-state index in [-0.39, 0.29) is 30.1 Å². The summed E-state index contributed by atoms with van der Waals surface area (Å²) in [6, 6.07) is 3.95. The molecule has 1 N–H and O–H groups in total. The number of benzene rings is 1. The number of rotatable bonds is 4. The van der Waals surface area contributed by atoms with Crippen molar-refractivity contribution in [1.29, 1.82) is 0 Å². The summed E-state index contributed by atoms with van der Waals surface area (Å²) in [6.07, 6.45) is 0.229. The predicted molar refractivity (Wildman–Crippen MR) is 76.0 cm³/mol. The van der Waals surface area contributed by atoms with Crippen LogP contribution in [-0.2, 0) is 20.6 Å². The monoisotopic (exact) mass is 335 g/mol. The SMILES string of the molecule is CC1(C(=O)O)CCN(S(=O)(=O)Cc2c(F)cccc2Cl)C1. The Hall–Kier alpha value is -1.18. The molecule has 1 atom stereocenters. The van der Waals surface area contributed by atoms with E-state index in [0.29, 0.717) is 0 Å². The molecule has 5 nitrogen and oxygen atoms in total. The molecule has 1 aliphatic rings. The molecular weight excluding hydrogens is 321 g/mol.